The zero-order valence-corrected chi connectivity index (χ0v) is 20.4. The lowest BCUT2D eigenvalue weighted by Crippen LogP contribution is -2.30. The van der Waals surface area contributed by atoms with Gasteiger partial charge in [0.15, 0.2) is 0 Å². The zero-order chi connectivity index (χ0) is 24.9. The lowest BCUT2D eigenvalue weighted by atomic mass is 10.0. The van der Waals surface area contributed by atoms with Gasteiger partial charge in [-0.2, -0.15) is 0 Å². The van der Waals surface area contributed by atoms with Gasteiger partial charge in [-0.05, 0) is 74.9 Å². The molecule has 0 fully saturated rings. The van der Waals surface area contributed by atoms with E-state index in [9.17, 15) is 9.59 Å². The van der Waals surface area contributed by atoms with Crippen molar-refractivity contribution in [3.8, 4) is 5.75 Å². The summed E-state index contributed by atoms with van der Waals surface area (Å²) in [6, 6.07) is 18.4. The summed E-state index contributed by atoms with van der Waals surface area (Å²) in [6.45, 7) is 9.12. The summed E-state index contributed by atoms with van der Waals surface area (Å²) in [7, 11) is 0. The third kappa shape index (κ3) is 5.19. The fraction of sp³-hybridized carbons (Fsp3) is 0.250. The number of nitrogens with zero attached hydrogens (tertiary/aromatic N) is 2. The van der Waals surface area contributed by atoms with Crippen LogP contribution >= 0.6 is 0 Å². The van der Waals surface area contributed by atoms with Gasteiger partial charge in [-0.25, -0.2) is 0 Å². The summed E-state index contributed by atoms with van der Waals surface area (Å²) < 4.78 is 11.3. The summed E-state index contributed by atoms with van der Waals surface area (Å²) in [5, 5.41) is 8.80. The van der Waals surface area contributed by atoms with Gasteiger partial charge in [0.2, 0.25) is 0 Å². The van der Waals surface area contributed by atoms with E-state index in [1.165, 1.54) is 0 Å². The number of hydrogen-bond acceptors (Lipinski definition) is 5. The largest absolute Gasteiger partial charge is 0.488 e. The second-order valence-corrected chi connectivity index (χ2v) is 8.30. The Morgan fingerprint density at radius 2 is 1.63 bits per heavy atom. The first-order valence-corrected chi connectivity index (χ1v) is 11.7. The highest BCUT2D eigenvalue weighted by Gasteiger charge is 2.18. The van der Waals surface area contributed by atoms with Crippen LogP contribution in [0.3, 0.4) is 0 Å². The maximum absolute atomic E-state index is 13.3. The van der Waals surface area contributed by atoms with Gasteiger partial charge in [-0.1, -0.05) is 29.4 Å². The highest BCUT2D eigenvalue weighted by atomic mass is 16.5. The first kappa shape index (κ1) is 24.0. The van der Waals surface area contributed by atoms with Crippen LogP contribution in [0.15, 0.2) is 65.2 Å². The van der Waals surface area contributed by atoms with E-state index in [1.807, 2.05) is 64.1 Å². The number of aryl methyl sites for hydroxylation is 2. The number of hydrogen-bond donors (Lipinski definition) is 1. The molecule has 180 valence electrons. The van der Waals surface area contributed by atoms with Crippen LogP contribution in [0.5, 0.6) is 5.75 Å². The van der Waals surface area contributed by atoms with Crippen molar-refractivity contribution >= 4 is 28.3 Å². The van der Waals surface area contributed by atoms with Crippen LogP contribution < -0.4 is 10.1 Å². The Hall–Kier alpha value is -4.13. The van der Waals surface area contributed by atoms with Crippen LogP contribution in [0.2, 0.25) is 0 Å². The number of carbonyl (C=O) groups is 2. The van der Waals surface area contributed by atoms with Gasteiger partial charge in [0, 0.05) is 24.3 Å². The Morgan fingerprint density at radius 1 is 0.971 bits per heavy atom. The quantitative estimate of drug-likeness (QED) is 0.353. The van der Waals surface area contributed by atoms with Crippen LogP contribution in [0, 0.1) is 13.8 Å². The average Bonchev–Trinajstić information content (AvgIpc) is 3.20. The average molecular weight is 472 g/mol. The van der Waals surface area contributed by atoms with Gasteiger partial charge < -0.3 is 19.5 Å². The second kappa shape index (κ2) is 10.4. The first-order valence-electron chi connectivity index (χ1n) is 11.7. The van der Waals surface area contributed by atoms with Crippen molar-refractivity contribution in [2.45, 2.75) is 34.3 Å². The Morgan fingerprint density at radius 3 is 2.23 bits per heavy atom. The van der Waals surface area contributed by atoms with E-state index in [-0.39, 0.29) is 18.4 Å². The van der Waals surface area contributed by atoms with E-state index in [4.69, 9.17) is 9.26 Å². The summed E-state index contributed by atoms with van der Waals surface area (Å²) >= 11 is 0. The number of nitrogens with one attached hydrogen (secondary N) is 1. The Bertz CT molecular complexity index is 1340. The molecule has 0 saturated carbocycles. The predicted molar refractivity (Wildman–Crippen MR) is 136 cm³/mol. The smallest absolute Gasteiger partial charge is 0.259 e. The van der Waals surface area contributed by atoms with E-state index in [1.54, 1.807) is 29.2 Å². The highest BCUT2D eigenvalue weighted by molar-refractivity contribution is 6.09. The number of rotatable bonds is 8. The van der Waals surface area contributed by atoms with Crippen molar-refractivity contribution in [1.82, 2.24) is 10.1 Å². The van der Waals surface area contributed by atoms with Gasteiger partial charge >= 0.3 is 0 Å². The molecule has 2 amide bonds. The predicted octanol–water partition coefficient (Wildman–Crippen LogP) is 5.76. The Kier molecular flexibility index (Phi) is 7.15. The van der Waals surface area contributed by atoms with Gasteiger partial charge in [-0.15, -0.1) is 0 Å². The van der Waals surface area contributed by atoms with Gasteiger partial charge in [0.25, 0.3) is 11.8 Å². The molecule has 4 aromatic rings. The SMILES string of the molecule is CCN(CC)C(=O)c1ccc(NC(=O)c2cc3ccccc3cc2OCc2c(C)noc2C)cc1. The van der Waals surface area contributed by atoms with E-state index < -0.39 is 0 Å². The number of ether oxygens (including phenoxy) is 1. The molecular weight excluding hydrogens is 442 g/mol. The molecule has 0 aliphatic heterocycles. The third-order valence-electron chi connectivity index (χ3n) is 6.09. The molecule has 7 nitrogen and oxygen atoms in total. The summed E-state index contributed by atoms with van der Waals surface area (Å²) in [5.74, 6) is 0.827. The summed E-state index contributed by atoms with van der Waals surface area (Å²) in [4.78, 5) is 27.6. The van der Waals surface area contributed by atoms with E-state index in [2.05, 4.69) is 10.5 Å². The maximum Gasteiger partial charge on any atom is 0.259 e. The van der Waals surface area contributed by atoms with Crippen molar-refractivity contribution in [2.75, 3.05) is 18.4 Å². The Balaban J connectivity index is 1.58. The number of carbonyl (C=O) groups excluding carboxylic acids is 2. The molecule has 0 spiro atoms. The standard InChI is InChI=1S/C28H29N3O4/c1-5-31(6-2)28(33)20-11-13-23(14-12-20)29-27(32)24-15-21-9-7-8-10-22(21)16-26(24)34-17-25-18(3)30-35-19(25)4/h7-16H,5-6,17H2,1-4H3,(H,29,32). The monoisotopic (exact) mass is 471 g/mol. The van der Waals surface area contributed by atoms with Gasteiger partial charge in [0.1, 0.15) is 18.1 Å². The van der Waals surface area contributed by atoms with Crippen molar-refractivity contribution in [3.63, 3.8) is 0 Å². The molecule has 0 aliphatic rings. The maximum atomic E-state index is 13.3. The molecule has 0 saturated heterocycles. The molecule has 0 radical (unpaired) electrons. The third-order valence-corrected chi connectivity index (χ3v) is 6.09. The number of fused-ring (bicyclic) bond motifs is 1. The minimum atomic E-state index is -0.299. The highest BCUT2D eigenvalue weighted by Crippen LogP contribution is 2.28. The normalized spacial score (nSPS) is 10.9. The molecule has 1 heterocycles. The molecule has 1 aromatic heterocycles. The number of anilines is 1. The van der Waals surface area contributed by atoms with Crippen molar-refractivity contribution in [1.29, 1.82) is 0 Å². The molecule has 0 aliphatic carbocycles. The zero-order valence-electron chi connectivity index (χ0n) is 20.4. The fourth-order valence-electron chi connectivity index (χ4n) is 3.96. The molecule has 3 aromatic carbocycles. The van der Waals surface area contributed by atoms with Crippen LogP contribution in [0.25, 0.3) is 10.8 Å². The van der Waals surface area contributed by atoms with E-state index in [0.29, 0.717) is 41.4 Å². The second-order valence-electron chi connectivity index (χ2n) is 8.30. The molecule has 0 atom stereocenters. The minimum Gasteiger partial charge on any atom is -0.488 e. The number of amides is 2. The van der Waals surface area contributed by atoms with E-state index >= 15 is 0 Å². The Labute approximate surface area is 204 Å². The lowest BCUT2D eigenvalue weighted by Gasteiger charge is -2.18. The summed E-state index contributed by atoms with van der Waals surface area (Å²) in [5.41, 5.74) is 3.21. The topological polar surface area (TPSA) is 84.7 Å². The number of aromatic nitrogens is 1. The molecule has 35 heavy (non-hydrogen) atoms. The molecule has 4 rings (SSSR count). The van der Waals surface area contributed by atoms with E-state index in [0.717, 1.165) is 22.0 Å². The van der Waals surface area contributed by atoms with Crippen molar-refractivity contribution < 1.29 is 18.8 Å². The number of benzene rings is 3. The van der Waals surface area contributed by atoms with Gasteiger partial charge in [0.05, 0.1) is 16.8 Å². The molecule has 0 unspecified atom stereocenters. The summed E-state index contributed by atoms with van der Waals surface area (Å²) in [6.07, 6.45) is 0. The van der Waals surface area contributed by atoms with Crippen LogP contribution in [-0.4, -0.2) is 35.0 Å². The molecule has 7 heteroatoms. The molecular formula is C28H29N3O4. The first-order chi connectivity index (χ1) is 16.9. The molecule has 1 N–H and O–H groups in total. The fourth-order valence-corrected chi connectivity index (χ4v) is 3.96. The lowest BCUT2D eigenvalue weighted by molar-refractivity contribution is 0.0773. The van der Waals surface area contributed by atoms with Crippen LogP contribution in [-0.2, 0) is 6.61 Å². The van der Waals surface area contributed by atoms with Crippen molar-refractivity contribution in [2.24, 2.45) is 0 Å². The van der Waals surface area contributed by atoms with Crippen LogP contribution in [0.4, 0.5) is 5.69 Å². The van der Waals surface area contributed by atoms with Gasteiger partial charge in [-0.3, -0.25) is 9.59 Å². The van der Waals surface area contributed by atoms with Crippen molar-refractivity contribution in [3.05, 3.63) is 88.8 Å². The molecule has 0 bridgehead atoms. The minimum absolute atomic E-state index is 0.0302. The van der Waals surface area contributed by atoms with Crippen LogP contribution in [0.1, 0.15) is 51.6 Å².